The average molecular weight is 268 g/mol. The highest BCUT2D eigenvalue weighted by Crippen LogP contribution is 2.25. The van der Waals surface area contributed by atoms with Crippen molar-refractivity contribution in [3.63, 3.8) is 0 Å². The van der Waals surface area contributed by atoms with E-state index in [0.717, 1.165) is 31.7 Å². The first-order valence-electron chi connectivity index (χ1n) is 6.44. The van der Waals surface area contributed by atoms with E-state index in [1.165, 1.54) is 12.1 Å². The van der Waals surface area contributed by atoms with Gasteiger partial charge in [-0.1, -0.05) is 0 Å². The van der Waals surface area contributed by atoms with E-state index in [0.29, 0.717) is 5.75 Å². The van der Waals surface area contributed by atoms with Crippen molar-refractivity contribution in [1.82, 2.24) is 0 Å². The van der Waals surface area contributed by atoms with Gasteiger partial charge in [-0.2, -0.15) is 0 Å². The minimum atomic E-state index is -1.70. The fraction of sp³-hybridized carbons (Fsp3) is 0.538. The molecule has 0 radical (unpaired) electrons. The van der Waals surface area contributed by atoms with Gasteiger partial charge in [0.1, 0.15) is 17.7 Å². The van der Waals surface area contributed by atoms with Crippen LogP contribution >= 0.6 is 0 Å². The van der Waals surface area contributed by atoms with Crippen LogP contribution in [0.25, 0.3) is 0 Å². The Balaban J connectivity index is 2.06. The molecular weight excluding hydrogens is 250 g/mol. The molecule has 0 bridgehead atoms. The summed E-state index contributed by atoms with van der Waals surface area (Å²) in [6.07, 6.45) is 3.84. The highest BCUT2D eigenvalue weighted by molar-refractivity contribution is 6.58. The highest BCUT2D eigenvalue weighted by atomic mass is 19.1. The summed E-state index contributed by atoms with van der Waals surface area (Å²) >= 11 is 0. The Morgan fingerprint density at radius 3 is 2.63 bits per heavy atom. The molecule has 2 N–H and O–H groups in total. The first-order valence-corrected chi connectivity index (χ1v) is 6.44. The van der Waals surface area contributed by atoms with E-state index in [2.05, 4.69) is 0 Å². The van der Waals surface area contributed by atoms with Crippen molar-refractivity contribution in [3.05, 3.63) is 24.0 Å². The van der Waals surface area contributed by atoms with Crippen LogP contribution in [0.1, 0.15) is 25.7 Å². The second kappa shape index (κ2) is 6.37. The summed E-state index contributed by atoms with van der Waals surface area (Å²) in [6.45, 7) is 0. The van der Waals surface area contributed by atoms with Crippen molar-refractivity contribution in [3.8, 4) is 5.75 Å². The molecule has 6 heteroatoms. The molecule has 19 heavy (non-hydrogen) atoms. The second-order valence-corrected chi connectivity index (χ2v) is 4.86. The van der Waals surface area contributed by atoms with Crippen LogP contribution in [0.4, 0.5) is 4.39 Å². The molecule has 1 aliphatic rings. The summed E-state index contributed by atoms with van der Waals surface area (Å²) < 4.78 is 24.4. The summed E-state index contributed by atoms with van der Waals surface area (Å²) in [5.41, 5.74) is 0.0918. The van der Waals surface area contributed by atoms with Crippen LogP contribution in [-0.4, -0.2) is 36.5 Å². The van der Waals surface area contributed by atoms with Crippen LogP contribution in [0.2, 0.25) is 0 Å². The molecule has 4 nitrogen and oxygen atoms in total. The third kappa shape index (κ3) is 3.93. The smallest absolute Gasteiger partial charge is 0.488 e. The summed E-state index contributed by atoms with van der Waals surface area (Å²) in [5.74, 6) is -0.218. The highest BCUT2D eigenvalue weighted by Gasteiger charge is 2.23. The van der Waals surface area contributed by atoms with E-state index in [9.17, 15) is 4.39 Å². The van der Waals surface area contributed by atoms with Gasteiger partial charge < -0.3 is 19.5 Å². The first kappa shape index (κ1) is 14.3. The van der Waals surface area contributed by atoms with Gasteiger partial charge in [-0.3, -0.25) is 0 Å². The number of benzene rings is 1. The van der Waals surface area contributed by atoms with Gasteiger partial charge in [-0.25, -0.2) is 4.39 Å². The van der Waals surface area contributed by atoms with Crippen LogP contribution in [0.5, 0.6) is 5.75 Å². The Labute approximate surface area is 112 Å². The maximum absolute atomic E-state index is 13.4. The molecule has 0 heterocycles. The van der Waals surface area contributed by atoms with Crippen molar-refractivity contribution in [2.45, 2.75) is 37.9 Å². The van der Waals surface area contributed by atoms with Gasteiger partial charge in [0.2, 0.25) is 0 Å². The fourth-order valence-electron chi connectivity index (χ4n) is 2.42. The second-order valence-electron chi connectivity index (χ2n) is 4.86. The van der Waals surface area contributed by atoms with E-state index in [1.807, 2.05) is 0 Å². The Morgan fingerprint density at radius 1 is 1.21 bits per heavy atom. The summed E-state index contributed by atoms with van der Waals surface area (Å²) in [7, 11) is -0.0220. The lowest BCUT2D eigenvalue weighted by Gasteiger charge is -2.28. The van der Waals surface area contributed by atoms with E-state index in [4.69, 9.17) is 19.5 Å². The van der Waals surface area contributed by atoms with Crippen LogP contribution in [0.3, 0.4) is 0 Å². The lowest BCUT2D eigenvalue weighted by molar-refractivity contribution is 0.0209. The molecule has 0 spiro atoms. The van der Waals surface area contributed by atoms with Crippen molar-refractivity contribution in [1.29, 1.82) is 0 Å². The number of hydrogen-bond donors (Lipinski definition) is 2. The van der Waals surface area contributed by atoms with Crippen LogP contribution in [-0.2, 0) is 4.74 Å². The summed E-state index contributed by atoms with van der Waals surface area (Å²) in [6, 6.07) is 3.78. The predicted molar refractivity (Wildman–Crippen MR) is 69.9 cm³/mol. The lowest BCUT2D eigenvalue weighted by Crippen LogP contribution is -2.32. The van der Waals surface area contributed by atoms with E-state index >= 15 is 0 Å². The Morgan fingerprint density at radius 2 is 1.95 bits per heavy atom. The van der Waals surface area contributed by atoms with E-state index in [1.54, 1.807) is 7.11 Å². The standard InChI is InChI=1S/C13H18BFO4/c1-18-11-3-2-4-12(8-11)19-13-6-9(14(16)17)5-10(15)7-13/h5-7,11-12,16-17H,2-4,8H2,1H3. The van der Waals surface area contributed by atoms with Crippen LogP contribution in [0, 0.1) is 5.82 Å². The number of halogens is 1. The largest absolute Gasteiger partial charge is 0.490 e. The average Bonchev–Trinajstić information content (AvgIpc) is 2.38. The number of rotatable bonds is 4. The molecule has 0 aromatic heterocycles. The molecule has 104 valence electrons. The molecule has 0 amide bonds. The molecule has 1 saturated carbocycles. The normalized spacial score (nSPS) is 23.2. The minimum absolute atomic E-state index is 0.0239. The third-order valence-electron chi connectivity index (χ3n) is 3.41. The van der Waals surface area contributed by atoms with E-state index < -0.39 is 12.9 Å². The van der Waals surface area contributed by atoms with Gasteiger partial charge in [-0.05, 0) is 36.9 Å². The van der Waals surface area contributed by atoms with Gasteiger partial charge >= 0.3 is 7.12 Å². The fourth-order valence-corrected chi connectivity index (χ4v) is 2.42. The van der Waals surface area contributed by atoms with Crippen molar-refractivity contribution in [2.75, 3.05) is 7.11 Å². The lowest BCUT2D eigenvalue weighted by atomic mass is 9.80. The number of ether oxygens (including phenoxy) is 2. The molecule has 1 aromatic carbocycles. The molecule has 1 aliphatic carbocycles. The SMILES string of the molecule is COC1CCCC(Oc2cc(F)cc(B(O)O)c2)C1. The van der Waals surface area contributed by atoms with Crippen LogP contribution in [0.15, 0.2) is 18.2 Å². The molecular formula is C13H18BFO4. The molecule has 1 aromatic rings. The molecule has 2 rings (SSSR count). The van der Waals surface area contributed by atoms with Gasteiger partial charge in [0.15, 0.2) is 0 Å². The van der Waals surface area contributed by atoms with E-state index in [-0.39, 0.29) is 17.7 Å². The molecule has 2 unspecified atom stereocenters. The number of hydrogen-bond acceptors (Lipinski definition) is 4. The molecule has 0 saturated heterocycles. The molecule has 2 atom stereocenters. The zero-order valence-electron chi connectivity index (χ0n) is 10.9. The Hall–Kier alpha value is -1.11. The van der Waals surface area contributed by atoms with Gasteiger partial charge in [-0.15, -0.1) is 0 Å². The van der Waals surface area contributed by atoms with Crippen molar-refractivity contribution in [2.24, 2.45) is 0 Å². The quantitative estimate of drug-likeness (QED) is 0.794. The Kier molecular flexibility index (Phi) is 4.79. The van der Waals surface area contributed by atoms with Crippen LogP contribution < -0.4 is 10.2 Å². The maximum atomic E-state index is 13.4. The number of methoxy groups -OCH3 is 1. The minimum Gasteiger partial charge on any atom is -0.490 e. The topological polar surface area (TPSA) is 58.9 Å². The van der Waals surface area contributed by atoms with Gasteiger partial charge in [0.05, 0.1) is 6.10 Å². The van der Waals surface area contributed by atoms with Crippen molar-refractivity contribution >= 4 is 12.6 Å². The molecule has 1 fully saturated rings. The Bertz CT molecular complexity index is 427. The van der Waals surface area contributed by atoms with Crippen molar-refractivity contribution < 1.29 is 23.9 Å². The third-order valence-corrected chi connectivity index (χ3v) is 3.41. The monoisotopic (exact) mass is 268 g/mol. The zero-order chi connectivity index (χ0) is 13.8. The van der Waals surface area contributed by atoms with Gasteiger partial charge in [0, 0.05) is 19.6 Å². The van der Waals surface area contributed by atoms with Gasteiger partial charge in [0.25, 0.3) is 0 Å². The summed E-state index contributed by atoms with van der Waals surface area (Å²) in [5, 5.41) is 18.1. The predicted octanol–water partition coefficient (Wildman–Crippen LogP) is 0.842. The maximum Gasteiger partial charge on any atom is 0.488 e. The molecule has 0 aliphatic heterocycles. The zero-order valence-corrected chi connectivity index (χ0v) is 10.9. The summed E-state index contributed by atoms with van der Waals surface area (Å²) in [4.78, 5) is 0. The first-order chi connectivity index (χ1) is 9.08.